The lowest BCUT2D eigenvalue weighted by Gasteiger charge is -2.61. The second-order valence-electron chi connectivity index (χ2n) is 12.4. The molecule has 43 heavy (non-hydrogen) atoms. The number of aliphatic hydroxyl groups excluding tert-OH is 1. The molecule has 6 unspecified atom stereocenters. The van der Waals surface area contributed by atoms with Crippen LogP contribution in [0, 0.1) is 11.3 Å². The summed E-state index contributed by atoms with van der Waals surface area (Å²) in [5.41, 5.74) is -9.10. The van der Waals surface area contributed by atoms with Crippen LogP contribution in [-0.2, 0) is 46.5 Å². The molecule has 1 saturated heterocycles. The van der Waals surface area contributed by atoms with Crippen molar-refractivity contribution in [3.05, 3.63) is 83.1 Å². The van der Waals surface area contributed by atoms with Crippen molar-refractivity contribution in [2.45, 2.75) is 81.8 Å². The summed E-state index contributed by atoms with van der Waals surface area (Å²) in [4.78, 5) is 27.2. The summed E-state index contributed by atoms with van der Waals surface area (Å²) < 4.78 is 30.8. The number of carbonyl (C=O) groups is 2. The topological polar surface area (TPSA) is 141 Å². The Bertz CT molecular complexity index is 1430. The normalized spacial score (nSPS) is 38.2. The molecule has 0 aromatic heterocycles. The highest BCUT2D eigenvalue weighted by Crippen LogP contribution is 2.77. The third-order valence-electron chi connectivity index (χ3n) is 10.4. The van der Waals surface area contributed by atoms with Crippen LogP contribution in [-0.4, -0.2) is 69.2 Å². The summed E-state index contributed by atoms with van der Waals surface area (Å²) in [7, 11) is 0. The van der Waals surface area contributed by atoms with Crippen molar-refractivity contribution in [1.82, 2.24) is 0 Å². The maximum absolute atomic E-state index is 13.7. The van der Waals surface area contributed by atoms with Gasteiger partial charge in [0.05, 0.1) is 25.0 Å². The quantitative estimate of drug-likeness (QED) is 0.213. The highest BCUT2D eigenvalue weighted by Gasteiger charge is 2.97. The number of carbonyl (C=O) groups excluding carboxylic acids is 2. The number of rotatable bonds is 10. The third-order valence-corrected chi connectivity index (χ3v) is 10.4. The largest absolute Gasteiger partial charge is 0.504 e. The molecule has 2 bridgehead atoms. The number of fused-ring (bicyclic) bond motifs is 2. The van der Waals surface area contributed by atoms with Gasteiger partial charge in [-0.15, -0.1) is 0 Å². The Balaban J connectivity index is 1.41. The zero-order valence-corrected chi connectivity index (χ0v) is 24.6. The first-order valence-corrected chi connectivity index (χ1v) is 14.6. The highest BCUT2D eigenvalue weighted by molar-refractivity contribution is 6.08. The molecule has 230 valence electrons. The fourth-order valence-electron chi connectivity index (χ4n) is 8.36. The lowest BCUT2D eigenvalue weighted by molar-refractivity contribution is -0.346. The van der Waals surface area contributed by atoms with Crippen molar-refractivity contribution < 1.29 is 48.6 Å². The van der Waals surface area contributed by atoms with E-state index in [1.54, 1.807) is 6.92 Å². The van der Waals surface area contributed by atoms with Gasteiger partial charge in [-0.1, -0.05) is 74.5 Å². The summed E-state index contributed by atoms with van der Waals surface area (Å²) in [5, 5.41) is 36.1. The van der Waals surface area contributed by atoms with Crippen LogP contribution in [0.25, 0.3) is 0 Å². The molecule has 10 nitrogen and oxygen atoms in total. The fourth-order valence-corrected chi connectivity index (χ4v) is 8.36. The first-order chi connectivity index (χ1) is 20.5. The van der Waals surface area contributed by atoms with Gasteiger partial charge in [0.15, 0.2) is 17.0 Å². The molecule has 4 aliphatic rings. The first-order valence-electron chi connectivity index (χ1n) is 14.6. The molecular weight excluding hydrogens is 556 g/mol. The Hall–Kier alpha value is -3.12. The van der Waals surface area contributed by atoms with E-state index in [1.165, 1.54) is 6.92 Å². The summed E-state index contributed by atoms with van der Waals surface area (Å²) in [6.07, 6.45) is -0.832. The molecule has 2 aromatic rings. The van der Waals surface area contributed by atoms with Gasteiger partial charge in [0.1, 0.15) is 25.3 Å². The van der Waals surface area contributed by atoms with E-state index >= 15 is 0 Å². The summed E-state index contributed by atoms with van der Waals surface area (Å²) in [6.45, 7) is 4.71. The smallest absolute Gasteiger partial charge is 0.307 e. The Morgan fingerprint density at radius 2 is 1.49 bits per heavy atom. The van der Waals surface area contributed by atoms with Gasteiger partial charge in [0, 0.05) is 5.57 Å². The van der Waals surface area contributed by atoms with Crippen molar-refractivity contribution in [1.29, 1.82) is 0 Å². The molecule has 7 atom stereocenters. The minimum absolute atomic E-state index is 0.204. The predicted molar refractivity (Wildman–Crippen MR) is 151 cm³/mol. The molecule has 0 radical (unpaired) electrons. The standard InChI is InChI=1S/C33H38O10/c1-21-14-15-30(42-20-40-18-24-12-8-5-9-13-24)29(3)16-25(34)43-33(30,31(37)22(2)26(35)27(36)32(29,31)38)28(21)41-19-39-17-23-10-6-4-7-11-23/h4-13,21,28,35,37-38H,14-20H2,1-3H3/t21?,28?,29?,30-,31?,32?,33?/m0/s1. The van der Waals surface area contributed by atoms with E-state index < -0.39 is 57.9 Å². The van der Waals surface area contributed by atoms with E-state index in [0.29, 0.717) is 6.42 Å². The number of hydrogen-bond donors (Lipinski definition) is 3. The van der Waals surface area contributed by atoms with E-state index in [4.69, 9.17) is 23.7 Å². The molecule has 2 aromatic carbocycles. The van der Waals surface area contributed by atoms with Gasteiger partial charge in [-0.25, -0.2) is 0 Å². The van der Waals surface area contributed by atoms with Crippen molar-refractivity contribution in [2.75, 3.05) is 13.6 Å². The number of benzene rings is 2. The lowest BCUT2D eigenvalue weighted by atomic mass is 9.55. The van der Waals surface area contributed by atoms with Gasteiger partial charge in [-0.05, 0) is 36.8 Å². The Morgan fingerprint density at radius 1 is 0.907 bits per heavy atom. The molecule has 0 spiro atoms. The molecule has 1 heterocycles. The van der Waals surface area contributed by atoms with Crippen LogP contribution in [0.4, 0.5) is 0 Å². The van der Waals surface area contributed by atoms with E-state index in [2.05, 4.69) is 0 Å². The van der Waals surface area contributed by atoms with E-state index in [-0.39, 0.29) is 44.7 Å². The van der Waals surface area contributed by atoms with E-state index in [0.717, 1.165) is 11.1 Å². The van der Waals surface area contributed by atoms with Gasteiger partial charge in [-0.2, -0.15) is 0 Å². The molecule has 3 fully saturated rings. The predicted octanol–water partition coefficient (Wildman–Crippen LogP) is 3.49. The number of aliphatic hydroxyl groups is 3. The number of Topliss-reactive ketones (excluding diaryl/α,β-unsaturated/α-hetero) is 1. The van der Waals surface area contributed by atoms with Crippen LogP contribution in [0.3, 0.4) is 0 Å². The van der Waals surface area contributed by atoms with Crippen LogP contribution in [0.2, 0.25) is 0 Å². The summed E-state index contributed by atoms with van der Waals surface area (Å²) in [6, 6.07) is 19.0. The Kier molecular flexibility index (Phi) is 7.31. The molecule has 10 heteroatoms. The molecule has 0 amide bonds. The average Bonchev–Trinajstić information content (AvgIpc) is 3.17. The molecule has 6 rings (SSSR count). The molecule has 3 aliphatic carbocycles. The lowest BCUT2D eigenvalue weighted by Crippen LogP contribution is -2.78. The first kappa shape index (κ1) is 29.9. The van der Waals surface area contributed by atoms with Crippen LogP contribution in [0.1, 0.15) is 51.2 Å². The minimum Gasteiger partial charge on any atom is -0.504 e. The maximum Gasteiger partial charge on any atom is 0.307 e. The second kappa shape index (κ2) is 10.5. The van der Waals surface area contributed by atoms with Crippen molar-refractivity contribution in [2.24, 2.45) is 11.3 Å². The second-order valence-corrected chi connectivity index (χ2v) is 12.4. The van der Waals surface area contributed by atoms with Crippen LogP contribution >= 0.6 is 0 Å². The minimum atomic E-state index is -2.66. The number of ether oxygens (including phenoxy) is 5. The van der Waals surface area contributed by atoms with Gasteiger partial charge < -0.3 is 39.0 Å². The third kappa shape index (κ3) is 3.74. The Morgan fingerprint density at radius 3 is 2.09 bits per heavy atom. The van der Waals surface area contributed by atoms with Gasteiger partial charge in [-0.3, -0.25) is 9.59 Å². The number of ketones is 1. The van der Waals surface area contributed by atoms with Gasteiger partial charge >= 0.3 is 5.97 Å². The number of esters is 1. The SMILES string of the molecule is CC1=C(O)C(=O)C2(O)C1(O)C13OC(=O)CC2(C)[C@@]1(OCOCc1ccccc1)CCC(C)C3OCOCc1ccccc1. The van der Waals surface area contributed by atoms with Crippen LogP contribution < -0.4 is 0 Å². The fraction of sp³-hybridized carbons (Fsp3) is 0.515. The highest BCUT2D eigenvalue weighted by atomic mass is 16.7. The monoisotopic (exact) mass is 594 g/mol. The summed E-state index contributed by atoms with van der Waals surface area (Å²) >= 11 is 0. The molecule has 1 aliphatic heterocycles. The van der Waals surface area contributed by atoms with Crippen LogP contribution in [0.15, 0.2) is 72.0 Å². The zero-order chi connectivity index (χ0) is 30.7. The summed E-state index contributed by atoms with van der Waals surface area (Å²) in [5.74, 6) is -2.91. The number of hydrogen-bond acceptors (Lipinski definition) is 10. The van der Waals surface area contributed by atoms with Gasteiger partial charge in [0.25, 0.3) is 0 Å². The maximum atomic E-state index is 13.7. The van der Waals surface area contributed by atoms with E-state index in [9.17, 15) is 24.9 Å². The molecule has 2 saturated carbocycles. The van der Waals surface area contributed by atoms with Crippen molar-refractivity contribution in [3.8, 4) is 0 Å². The van der Waals surface area contributed by atoms with Crippen molar-refractivity contribution in [3.63, 3.8) is 0 Å². The van der Waals surface area contributed by atoms with Crippen molar-refractivity contribution >= 4 is 11.8 Å². The average molecular weight is 595 g/mol. The zero-order valence-electron chi connectivity index (χ0n) is 24.6. The van der Waals surface area contributed by atoms with Gasteiger partial charge in [0.2, 0.25) is 11.4 Å². The van der Waals surface area contributed by atoms with E-state index in [1.807, 2.05) is 67.6 Å². The molecule has 3 N–H and O–H groups in total. The Labute approximate surface area is 250 Å². The van der Waals surface area contributed by atoms with Crippen LogP contribution in [0.5, 0.6) is 0 Å². The molecular formula is C33H38O10.